The van der Waals surface area contributed by atoms with Crippen LogP contribution < -0.4 is 5.32 Å². The molecule has 0 aliphatic carbocycles. The van der Waals surface area contributed by atoms with Crippen LogP contribution in [-0.4, -0.2) is 28.7 Å². The van der Waals surface area contributed by atoms with Crippen LogP contribution in [0.5, 0.6) is 0 Å². The minimum absolute atomic E-state index is 0.324. The van der Waals surface area contributed by atoms with Gasteiger partial charge in [0.1, 0.15) is 16.6 Å². The molecule has 0 unspecified atom stereocenters. The second-order valence-electron chi connectivity index (χ2n) is 8.04. The van der Waals surface area contributed by atoms with E-state index in [0.29, 0.717) is 26.1 Å². The number of rotatable bonds is 7. The number of hydrogen-bond acceptors (Lipinski definition) is 6. The van der Waals surface area contributed by atoms with Crippen LogP contribution in [0.15, 0.2) is 72.8 Å². The lowest BCUT2D eigenvalue weighted by atomic mass is 10.1. The molecular formula is C26H20F3N3O2S2. The highest BCUT2D eigenvalue weighted by Crippen LogP contribution is 2.51. The molecule has 0 aliphatic rings. The van der Waals surface area contributed by atoms with Crippen molar-refractivity contribution in [2.45, 2.75) is 25.1 Å². The summed E-state index contributed by atoms with van der Waals surface area (Å²) in [6.45, 7) is 1.16. The van der Waals surface area contributed by atoms with Crippen LogP contribution >= 0.6 is 22.7 Å². The number of nitrogens with one attached hydrogen (secondary N) is 1. The minimum atomic E-state index is -4.95. The summed E-state index contributed by atoms with van der Waals surface area (Å²) in [6, 6.07) is 20.6. The second kappa shape index (κ2) is 9.61. The molecule has 0 saturated heterocycles. The summed E-state index contributed by atoms with van der Waals surface area (Å²) in [6.07, 6.45) is -4.12. The molecule has 0 saturated carbocycles. The van der Waals surface area contributed by atoms with Gasteiger partial charge in [0.15, 0.2) is 0 Å². The predicted octanol–water partition coefficient (Wildman–Crippen LogP) is 6.93. The van der Waals surface area contributed by atoms with Gasteiger partial charge in [0.05, 0.1) is 20.4 Å². The minimum Gasteiger partial charge on any atom is -0.343 e. The first-order valence-electron chi connectivity index (χ1n) is 11.1. The Bertz CT molecular complexity index is 1390. The Kier molecular flexibility index (Phi) is 6.50. The molecule has 5 nitrogen and oxygen atoms in total. The zero-order valence-electron chi connectivity index (χ0n) is 19.0. The first-order chi connectivity index (χ1) is 17.3. The number of carbonyl (C=O) groups is 1. The highest BCUT2D eigenvalue weighted by molar-refractivity contribution is 7.20. The quantitative estimate of drug-likeness (QED) is 0.249. The number of thiazole rings is 2. The molecule has 1 amide bonds. The average molecular weight is 528 g/mol. The largest absolute Gasteiger partial charge is 0.430 e. The fourth-order valence-corrected chi connectivity index (χ4v) is 6.11. The summed E-state index contributed by atoms with van der Waals surface area (Å²) < 4.78 is 51.8. The van der Waals surface area contributed by atoms with Crippen molar-refractivity contribution in [3.63, 3.8) is 0 Å². The van der Waals surface area contributed by atoms with E-state index in [9.17, 15) is 4.79 Å². The smallest absolute Gasteiger partial charge is 0.343 e. The van der Waals surface area contributed by atoms with Gasteiger partial charge in [-0.1, -0.05) is 43.3 Å². The number of nitrogens with zero attached hydrogens (tertiary/aromatic N) is 2. The Hall–Kier alpha value is -3.34. The van der Waals surface area contributed by atoms with E-state index < -0.39 is 24.3 Å². The zero-order chi connectivity index (χ0) is 25.3. The van der Waals surface area contributed by atoms with E-state index in [1.54, 1.807) is 60.7 Å². The molecule has 2 aromatic heterocycles. The lowest BCUT2D eigenvalue weighted by Gasteiger charge is -2.31. The van der Waals surface area contributed by atoms with Gasteiger partial charge in [0, 0.05) is 5.69 Å². The van der Waals surface area contributed by atoms with Crippen molar-refractivity contribution in [2.75, 3.05) is 11.9 Å². The van der Waals surface area contributed by atoms with Crippen molar-refractivity contribution < 1.29 is 22.7 Å². The van der Waals surface area contributed by atoms with Gasteiger partial charge in [-0.25, -0.2) is 9.97 Å². The van der Waals surface area contributed by atoms with Crippen LogP contribution in [0.2, 0.25) is 0 Å². The standard InChI is InChI=1S/C26H20F3N3O2S2/c1-2-16-11-13-17(14-12-16)30-22(33)15-34-25(26(27,28)29,23-31-18-7-3-5-9-20(18)35-23)24-32-19-8-4-6-10-21(19)36-24/h3-14H,2,15H2,1H3,(H,30,33). The lowest BCUT2D eigenvalue weighted by Crippen LogP contribution is -2.47. The van der Waals surface area contributed by atoms with Gasteiger partial charge in [-0.3, -0.25) is 4.79 Å². The maximum Gasteiger partial charge on any atom is 0.430 e. The summed E-state index contributed by atoms with van der Waals surface area (Å²) in [4.78, 5) is 21.3. The summed E-state index contributed by atoms with van der Waals surface area (Å²) in [5, 5.41) is 1.96. The third-order valence-corrected chi connectivity index (χ3v) is 7.93. The Morgan fingerprint density at radius 2 is 1.39 bits per heavy atom. The van der Waals surface area contributed by atoms with Gasteiger partial charge in [0.25, 0.3) is 5.60 Å². The van der Waals surface area contributed by atoms with E-state index in [4.69, 9.17) is 4.74 Å². The van der Waals surface area contributed by atoms with Crippen LogP contribution in [0.1, 0.15) is 22.5 Å². The molecule has 0 bridgehead atoms. The monoisotopic (exact) mass is 527 g/mol. The summed E-state index contributed by atoms with van der Waals surface area (Å²) in [5.41, 5.74) is -0.637. The van der Waals surface area contributed by atoms with Gasteiger partial charge in [-0.2, -0.15) is 13.2 Å². The number of aromatic nitrogens is 2. The Morgan fingerprint density at radius 3 is 1.86 bits per heavy atom. The van der Waals surface area contributed by atoms with Gasteiger partial charge in [-0.15, -0.1) is 22.7 Å². The number of halogens is 3. The number of carbonyl (C=O) groups excluding carboxylic acids is 1. The first kappa shape index (κ1) is 24.4. The van der Waals surface area contributed by atoms with Crippen molar-refractivity contribution in [1.82, 2.24) is 9.97 Å². The van der Waals surface area contributed by atoms with Crippen LogP contribution in [0, 0.1) is 0 Å². The number of aryl methyl sites for hydroxylation is 1. The molecule has 3 aromatic carbocycles. The van der Waals surface area contributed by atoms with Crippen molar-refractivity contribution in [1.29, 1.82) is 0 Å². The van der Waals surface area contributed by atoms with Crippen LogP contribution in [0.3, 0.4) is 0 Å². The zero-order valence-corrected chi connectivity index (χ0v) is 20.6. The molecular weight excluding hydrogens is 507 g/mol. The van der Waals surface area contributed by atoms with Gasteiger partial charge in [-0.05, 0) is 48.4 Å². The molecule has 0 radical (unpaired) electrons. The van der Waals surface area contributed by atoms with Gasteiger partial charge < -0.3 is 10.1 Å². The van der Waals surface area contributed by atoms with Crippen molar-refractivity contribution in [3.05, 3.63) is 88.4 Å². The third-order valence-electron chi connectivity index (χ3n) is 5.66. The second-order valence-corrected chi connectivity index (χ2v) is 10.1. The molecule has 0 fully saturated rings. The highest BCUT2D eigenvalue weighted by atomic mass is 32.1. The van der Waals surface area contributed by atoms with E-state index in [0.717, 1.165) is 34.7 Å². The first-order valence-corrected chi connectivity index (χ1v) is 12.7. The Labute approximate surface area is 212 Å². The van der Waals surface area contributed by atoms with E-state index in [1.807, 2.05) is 19.1 Å². The van der Waals surface area contributed by atoms with E-state index >= 15 is 13.2 Å². The predicted molar refractivity (Wildman–Crippen MR) is 136 cm³/mol. The van der Waals surface area contributed by atoms with Gasteiger partial charge in [0.2, 0.25) is 5.91 Å². The molecule has 0 atom stereocenters. The number of fused-ring (bicyclic) bond motifs is 2. The fraction of sp³-hybridized carbons (Fsp3) is 0.192. The lowest BCUT2D eigenvalue weighted by molar-refractivity contribution is -0.264. The third kappa shape index (κ3) is 4.47. The summed E-state index contributed by atoms with van der Waals surface area (Å²) in [5.74, 6) is -0.713. The van der Waals surface area contributed by atoms with E-state index in [1.165, 1.54) is 0 Å². The molecule has 184 valence electrons. The molecule has 36 heavy (non-hydrogen) atoms. The number of amides is 1. The van der Waals surface area contributed by atoms with Crippen LogP contribution in [0.25, 0.3) is 20.4 Å². The molecule has 5 rings (SSSR count). The van der Waals surface area contributed by atoms with Crippen LogP contribution in [-0.2, 0) is 21.6 Å². The molecule has 2 heterocycles. The number of ether oxygens (including phenoxy) is 1. The highest BCUT2D eigenvalue weighted by Gasteiger charge is 2.63. The van der Waals surface area contributed by atoms with E-state index in [-0.39, 0.29) is 10.0 Å². The fourth-order valence-electron chi connectivity index (χ4n) is 3.78. The summed E-state index contributed by atoms with van der Waals surface area (Å²) in [7, 11) is 0. The maximum atomic E-state index is 15.0. The number of alkyl halides is 3. The SMILES string of the molecule is CCc1ccc(NC(=O)COC(c2nc3ccccc3s2)(c2nc3ccccc3s2)C(F)(F)F)cc1. The molecule has 0 spiro atoms. The topological polar surface area (TPSA) is 64.1 Å². The van der Waals surface area contributed by atoms with Crippen molar-refractivity contribution in [2.24, 2.45) is 0 Å². The molecule has 5 aromatic rings. The molecule has 0 aliphatic heterocycles. The average Bonchev–Trinajstić information content (AvgIpc) is 3.49. The normalized spacial score (nSPS) is 12.3. The van der Waals surface area contributed by atoms with E-state index in [2.05, 4.69) is 15.3 Å². The molecule has 1 N–H and O–H groups in total. The Balaban J connectivity index is 1.56. The number of hydrogen-bond donors (Lipinski definition) is 1. The van der Waals surface area contributed by atoms with Crippen LogP contribution in [0.4, 0.5) is 18.9 Å². The molecule has 10 heteroatoms. The van der Waals surface area contributed by atoms with Gasteiger partial charge >= 0.3 is 6.18 Å². The Morgan fingerprint density at radius 1 is 0.861 bits per heavy atom. The van der Waals surface area contributed by atoms with Crippen molar-refractivity contribution >= 4 is 54.7 Å². The van der Waals surface area contributed by atoms with Crippen molar-refractivity contribution in [3.8, 4) is 0 Å². The number of benzene rings is 3. The maximum absolute atomic E-state index is 15.0. The number of anilines is 1. The summed E-state index contributed by atoms with van der Waals surface area (Å²) >= 11 is 1.75. The number of para-hydroxylation sites is 2.